The van der Waals surface area contributed by atoms with E-state index in [4.69, 9.17) is 4.74 Å². The molecule has 2 saturated heterocycles. The van der Waals surface area contributed by atoms with E-state index in [1.807, 2.05) is 19.2 Å². The van der Waals surface area contributed by atoms with E-state index in [-0.39, 0.29) is 0 Å². The number of hydrogen-bond donors (Lipinski definition) is 0. The first kappa shape index (κ1) is 11.0. The van der Waals surface area contributed by atoms with Gasteiger partial charge in [0.05, 0.1) is 0 Å². The first-order valence-electron chi connectivity index (χ1n) is 6.53. The van der Waals surface area contributed by atoms with Gasteiger partial charge >= 0.3 is 0 Å². The third-order valence-electron chi connectivity index (χ3n) is 4.23. The summed E-state index contributed by atoms with van der Waals surface area (Å²) >= 11 is 0. The van der Waals surface area contributed by atoms with E-state index in [1.54, 1.807) is 0 Å². The smallest absolute Gasteiger partial charge is 0.213 e. The lowest BCUT2D eigenvalue weighted by molar-refractivity contribution is 0.0632. The van der Waals surface area contributed by atoms with Crippen LogP contribution in [0.3, 0.4) is 0 Å². The van der Waals surface area contributed by atoms with E-state index in [2.05, 4.69) is 23.0 Å². The number of nitrogens with zero attached hydrogens (tertiary/aromatic N) is 2. The SMILES string of the molecule is Cc1ccc(O[C@H]2C[C@H]3CC[C@@H](C2)N3C)nc1. The standard InChI is InChI=1S/C14H20N2O/c1-10-3-6-14(15-9-10)17-13-7-11-4-5-12(8-13)16(11)2/h3,6,9,11-13H,4-5,7-8H2,1-2H3/t11-,12+,13+. The molecule has 0 radical (unpaired) electrons. The molecule has 2 aliphatic rings. The zero-order chi connectivity index (χ0) is 11.8. The lowest BCUT2D eigenvalue weighted by Gasteiger charge is -2.36. The second kappa shape index (κ2) is 4.30. The van der Waals surface area contributed by atoms with Crippen LogP contribution in [0, 0.1) is 6.92 Å². The summed E-state index contributed by atoms with van der Waals surface area (Å²) in [6.45, 7) is 2.05. The molecule has 2 aliphatic heterocycles. The van der Waals surface area contributed by atoms with E-state index in [9.17, 15) is 0 Å². The minimum absolute atomic E-state index is 0.360. The van der Waals surface area contributed by atoms with Crippen molar-refractivity contribution in [3.8, 4) is 5.88 Å². The Morgan fingerprint density at radius 3 is 2.53 bits per heavy atom. The fourth-order valence-electron chi connectivity index (χ4n) is 3.15. The van der Waals surface area contributed by atoms with Crippen LogP contribution < -0.4 is 4.74 Å². The second-order valence-corrected chi connectivity index (χ2v) is 5.44. The summed E-state index contributed by atoms with van der Waals surface area (Å²) in [6.07, 6.45) is 7.22. The van der Waals surface area contributed by atoms with Gasteiger partial charge < -0.3 is 9.64 Å². The van der Waals surface area contributed by atoms with Crippen molar-refractivity contribution in [2.45, 2.75) is 50.8 Å². The third-order valence-corrected chi connectivity index (χ3v) is 4.23. The maximum Gasteiger partial charge on any atom is 0.213 e. The van der Waals surface area contributed by atoms with Gasteiger partial charge in [-0.1, -0.05) is 6.07 Å². The predicted molar refractivity (Wildman–Crippen MR) is 67.2 cm³/mol. The molecule has 1 aromatic heterocycles. The molecule has 3 heteroatoms. The zero-order valence-corrected chi connectivity index (χ0v) is 10.6. The van der Waals surface area contributed by atoms with Crippen molar-refractivity contribution in [3.63, 3.8) is 0 Å². The van der Waals surface area contributed by atoms with Crippen LogP contribution in [0.1, 0.15) is 31.2 Å². The highest BCUT2D eigenvalue weighted by Crippen LogP contribution is 2.35. The van der Waals surface area contributed by atoms with Crippen LogP contribution in [0.2, 0.25) is 0 Å². The number of piperidine rings is 1. The highest BCUT2D eigenvalue weighted by molar-refractivity contribution is 5.16. The van der Waals surface area contributed by atoms with Crippen LogP contribution in [-0.2, 0) is 0 Å². The first-order valence-corrected chi connectivity index (χ1v) is 6.53. The molecule has 3 atom stereocenters. The quantitative estimate of drug-likeness (QED) is 0.783. The maximum absolute atomic E-state index is 6.00. The van der Waals surface area contributed by atoms with Crippen molar-refractivity contribution >= 4 is 0 Å². The lowest BCUT2D eigenvalue weighted by Crippen LogP contribution is -2.43. The first-order chi connectivity index (χ1) is 8.22. The Bertz CT molecular complexity index is 376. The van der Waals surface area contributed by atoms with Gasteiger partial charge in [-0.25, -0.2) is 4.98 Å². The summed E-state index contributed by atoms with van der Waals surface area (Å²) in [4.78, 5) is 6.86. The van der Waals surface area contributed by atoms with Crippen LogP contribution in [0.4, 0.5) is 0 Å². The monoisotopic (exact) mass is 232 g/mol. The van der Waals surface area contributed by atoms with E-state index < -0.39 is 0 Å². The van der Waals surface area contributed by atoms with Gasteiger partial charge in [-0.3, -0.25) is 0 Å². The maximum atomic E-state index is 6.00. The van der Waals surface area contributed by atoms with Crippen molar-refractivity contribution in [3.05, 3.63) is 23.9 Å². The van der Waals surface area contributed by atoms with Gasteiger partial charge in [0.1, 0.15) is 6.10 Å². The molecule has 1 aromatic rings. The second-order valence-electron chi connectivity index (χ2n) is 5.44. The Morgan fingerprint density at radius 2 is 1.94 bits per heavy atom. The average molecular weight is 232 g/mol. The summed E-state index contributed by atoms with van der Waals surface area (Å²) in [5, 5.41) is 0. The van der Waals surface area contributed by atoms with E-state index in [0.29, 0.717) is 6.10 Å². The van der Waals surface area contributed by atoms with Crippen LogP contribution in [0.25, 0.3) is 0 Å². The number of aromatic nitrogens is 1. The molecular formula is C14H20N2O. The van der Waals surface area contributed by atoms with E-state index in [1.165, 1.54) is 18.4 Å². The van der Waals surface area contributed by atoms with Crippen LogP contribution in [0.15, 0.2) is 18.3 Å². The predicted octanol–water partition coefficient (Wildman–Crippen LogP) is 2.39. The van der Waals surface area contributed by atoms with Crippen molar-refractivity contribution in [2.24, 2.45) is 0 Å². The summed E-state index contributed by atoms with van der Waals surface area (Å²) in [5.41, 5.74) is 1.18. The zero-order valence-electron chi connectivity index (χ0n) is 10.6. The molecule has 3 nitrogen and oxygen atoms in total. The molecule has 0 aliphatic carbocycles. The highest BCUT2D eigenvalue weighted by atomic mass is 16.5. The number of fused-ring (bicyclic) bond motifs is 2. The number of hydrogen-bond acceptors (Lipinski definition) is 3. The van der Waals surface area contributed by atoms with Gasteiger partial charge in [0.2, 0.25) is 5.88 Å². The normalized spacial score (nSPS) is 32.7. The number of pyridine rings is 1. The molecule has 0 saturated carbocycles. The van der Waals surface area contributed by atoms with Crippen molar-refractivity contribution < 1.29 is 4.74 Å². The van der Waals surface area contributed by atoms with Gasteiger partial charge in [0, 0.05) is 24.3 Å². The fourth-order valence-corrected chi connectivity index (χ4v) is 3.15. The molecule has 0 amide bonds. The van der Waals surface area contributed by atoms with Gasteiger partial charge in [0.15, 0.2) is 0 Å². The molecule has 2 bridgehead atoms. The van der Waals surface area contributed by atoms with Crippen LogP contribution in [-0.4, -0.2) is 35.1 Å². The van der Waals surface area contributed by atoms with E-state index in [0.717, 1.165) is 30.8 Å². The summed E-state index contributed by atoms with van der Waals surface area (Å²) < 4.78 is 6.00. The number of ether oxygens (including phenoxy) is 1. The highest BCUT2D eigenvalue weighted by Gasteiger charge is 2.39. The minimum Gasteiger partial charge on any atom is -0.474 e. The minimum atomic E-state index is 0.360. The molecule has 0 unspecified atom stereocenters. The van der Waals surface area contributed by atoms with Gasteiger partial charge in [-0.05, 0) is 45.2 Å². The molecule has 2 fully saturated rings. The Balaban J connectivity index is 1.65. The topological polar surface area (TPSA) is 25.4 Å². The van der Waals surface area contributed by atoms with Gasteiger partial charge in [-0.2, -0.15) is 0 Å². The fraction of sp³-hybridized carbons (Fsp3) is 0.643. The van der Waals surface area contributed by atoms with Crippen molar-refractivity contribution in [1.29, 1.82) is 0 Å². The van der Waals surface area contributed by atoms with Crippen LogP contribution >= 0.6 is 0 Å². The Morgan fingerprint density at radius 1 is 1.24 bits per heavy atom. The molecule has 3 rings (SSSR count). The van der Waals surface area contributed by atoms with E-state index >= 15 is 0 Å². The van der Waals surface area contributed by atoms with Gasteiger partial charge in [0.25, 0.3) is 0 Å². The molecule has 92 valence electrons. The molecular weight excluding hydrogens is 212 g/mol. The van der Waals surface area contributed by atoms with Crippen molar-refractivity contribution in [1.82, 2.24) is 9.88 Å². The lowest BCUT2D eigenvalue weighted by atomic mass is 10.0. The Labute approximate surface area is 103 Å². The largest absolute Gasteiger partial charge is 0.474 e. The molecule has 17 heavy (non-hydrogen) atoms. The Kier molecular flexibility index (Phi) is 2.79. The average Bonchev–Trinajstić information content (AvgIpc) is 2.55. The summed E-state index contributed by atoms with van der Waals surface area (Å²) in [6, 6.07) is 5.50. The molecule has 0 N–H and O–H groups in total. The molecule has 0 aromatic carbocycles. The van der Waals surface area contributed by atoms with Crippen LogP contribution in [0.5, 0.6) is 5.88 Å². The Hall–Kier alpha value is -1.09. The molecule has 0 spiro atoms. The van der Waals surface area contributed by atoms with Crippen molar-refractivity contribution in [2.75, 3.05) is 7.05 Å². The summed E-state index contributed by atoms with van der Waals surface area (Å²) in [7, 11) is 2.25. The summed E-state index contributed by atoms with van der Waals surface area (Å²) in [5.74, 6) is 0.782. The third kappa shape index (κ3) is 2.16. The van der Waals surface area contributed by atoms with Gasteiger partial charge in [-0.15, -0.1) is 0 Å². The number of aryl methyl sites for hydroxylation is 1. The molecule has 3 heterocycles. The number of rotatable bonds is 2.